The van der Waals surface area contributed by atoms with Gasteiger partial charge in [-0.2, -0.15) is 0 Å². The monoisotopic (exact) mass is 205 g/mol. The zero-order valence-electron chi connectivity index (χ0n) is 8.38. The number of nitrogens with zero attached hydrogens (tertiary/aromatic N) is 3. The third-order valence-electron chi connectivity index (χ3n) is 2.98. The van der Waals surface area contributed by atoms with Crippen molar-refractivity contribution in [2.24, 2.45) is 0 Å². The van der Waals surface area contributed by atoms with Gasteiger partial charge in [0.1, 0.15) is 6.33 Å². The summed E-state index contributed by atoms with van der Waals surface area (Å²) < 4.78 is 0. The smallest absolute Gasteiger partial charge is 0.163 e. The van der Waals surface area contributed by atoms with E-state index < -0.39 is 0 Å². The second-order valence-electron chi connectivity index (χ2n) is 3.86. The largest absolute Gasteiger partial charge is 0.236 e. The summed E-state index contributed by atoms with van der Waals surface area (Å²) in [5, 5.41) is 4.64. The fourth-order valence-electron chi connectivity index (χ4n) is 2.28. The van der Waals surface area contributed by atoms with E-state index in [1.54, 1.807) is 6.33 Å². The third kappa shape index (κ3) is 0.852. The first-order valence-electron chi connectivity index (χ1n) is 5.14. The van der Waals surface area contributed by atoms with Gasteiger partial charge in [0.25, 0.3) is 0 Å². The molecule has 0 saturated carbocycles. The zero-order chi connectivity index (χ0) is 10.5. The first kappa shape index (κ1) is 7.93. The van der Waals surface area contributed by atoms with Crippen LogP contribution < -0.4 is 0 Å². The van der Waals surface area contributed by atoms with Gasteiger partial charge < -0.3 is 0 Å². The highest BCUT2D eigenvalue weighted by Crippen LogP contribution is 2.30. The highest BCUT2D eigenvalue weighted by Gasteiger charge is 2.08. The van der Waals surface area contributed by atoms with Crippen LogP contribution in [0.5, 0.6) is 0 Å². The van der Waals surface area contributed by atoms with Crippen molar-refractivity contribution < 1.29 is 0 Å². The molecule has 0 fully saturated rings. The maximum Gasteiger partial charge on any atom is 0.163 e. The van der Waals surface area contributed by atoms with Crippen LogP contribution in [0.3, 0.4) is 0 Å². The summed E-state index contributed by atoms with van der Waals surface area (Å²) in [5.74, 6) is 0. The number of pyridine rings is 1. The average Bonchev–Trinajstić information content (AvgIpc) is 2.36. The van der Waals surface area contributed by atoms with Gasteiger partial charge in [0.15, 0.2) is 5.65 Å². The molecule has 0 radical (unpaired) electrons. The molecule has 0 aliphatic heterocycles. The van der Waals surface area contributed by atoms with Crippen molar-refractivity contribution in [1.29, 1.82) is 0 Å². The summed E-state index contributed by atoms with van der Waals surface area (Å²) in [6.45, 7) is 0. The Kier molecular flexibility index (Phi) is 1.31. The summed E-state index contributed by atoms with van der Waals surface area (Å²) in [6, 6.07) is 10.3. The average molecular weight is 205 g/mol. The lowest BCUT2D eigenvalue weighted by Gasteiger charge is -2.07. The maximum atomic E-state index is 4.36. The van der Waals surface area contributed by atoms with Crippen LogP contribution in [0.25, 0.3) is 32.7 Å². The van der Waals surface area contributed by atoms with E-state index in [9.17, 15) is 0 Å². The molecular weight excluding hydrogens is 198 g/mol. The molecule has 0 aliphatic carbocycles. The van der Waals surface area contributed by atoms with Crippen molar-refractivity contribution in [3.63, 3.8) is 0 Å². The van der Waals surface area contributed by atoms with Crippen molar-refractivity contribution >= 4 is 32.7 Å². The number of hydrogen-bond acceptors (Lipinski definition) is 3. The van der Waals surface area contributed by atoms with Gasteiger partial charge in [-0.1, -0.05) is 24.3 Å². The lowest BCUT2D eigenvalue weighted by molar-refractivity contribution is 1.22. The Hall–Kier alpha value is -2.29. The molecule has 4 rings (SSSR count). The molecule has 3 heteroatoms. The summed E-state index contributed by atoms with van der Waals surface area (Å²) >= 11 is 0. The quantitative estimate of drug-likeness (QED) is 0.414. The van der Waals surface area contributed by atoms with E-state index in [0.717, 1.165) is 21.9 Å². The van der Waals surface area contributed by atoms with E-state index in [1.165, 1.54) is 10.8 Å². The molecule has 0 amide bonds. The van der Waals surface area contributed by atoms with Crippen molar-refractivity contribution in [3.05, 3.63) is 42.9 Å². The van der Waals surface area contributed by atoms with Gasteiger partial charge in [-0.15, -0.1) is 0 Å². The Morgan fingerprint density at radius 2 is 1.69 bits per heavy atom. The molecule has 3 nitrogen and oxygen atoms in total. The highest BCUT2D eigenvalue weighted by molar-refractivity contribution is 6.19. The molecule has 4 aromatic rings. The van der Waals surface area contributed by atoms with Crippen LogP contribution in [-0.4, -0.2) is 15.0 Å². The molecule has 2 aromatic heterocycles. The van der Waals surface area contributed by atoms with Crippen LogP contribution in [0.15, 0.2) is 42.9 Å². The minimum Gasteiger partial charge on any atom is -0.236 e. The van der Waals surface area contributed by atoms with E-state index in [-0.39, 0.29) is 0 Å². The van der Waals surface area contributed by atoms with Crippen LogP contribution in [0.1, 0.15) is 0 Å². The lowest BCUT2D eigenvalue weighted by atomic mass is 10.0. The minimum atomic E-state index is 0.773. The number of benzene rings is 2. The first-order chi connectivity index (χ1) is 7.93. The van der Waals surface area contributed by atoms with Crippen LogP contribution in [0, 0.1) is 0 Å². The molecule has 0 N–H and O–H groups in total. The Morgan fingerprint density at radius 1 is 0.750 bits per heavy atom. The van der Waals surface area contributed by atoms with Gasteiger partial charge in [-0.05, 0) is 11.5 Å². The molecule has 74 valence electrons. The van der Waals surface area contributed by atoms with Gasteiger partial charge in [0.2, 0.25) is 0 Å². The Morgan fingerprint density at radius 3 is 2.69 bits per heavy atom. The second-order valence-corrected chi connectivity index (χ2v) is 3.86. The van der Waals surface area contributed by atoms with E-state index >= 15 is 0 Å². The topological polar surface area (TPSA) is 38.7 Å². The molecule has 0 atom stereocenters. The van der Waals surface area contributed by atoms with Gasteiger partial charge in [-0.3, -0.25) is 0 Å². The Balaban J connectivity index is 2.51. The predicted octanol–water partition coefficient (Wildman–Crippen LogP) is 2.77. The fourth-order valence-corrected chi connectivity index (χ4v) is 2.28. The summed E-state index contributed by atoms with van der Waals surface area (Å²) in [5.41, 5.74) is 1.73. The predicted molar refractivity (Wildman–Crippen MR) is 63.5 cm³/mol. The van der Waals surface area contributed by atoms with E-state index in [1.807, 2.05) is 18.3 Å². The molecule has 0 bridgehead atoms. The van der Waals surface area contributed by atoms with E-state index in [2.05, 4.69) is 33.2 Å². The normalized spacial score (nSPS) is 11.8. The van der Waals surface area contributed by atoms with Crippen LogP contribution in [0.4, 0.5) is 0 Å². The molecule has 16 heavy (non-hydrogen) atoms. The van der Waals surface area contributed by atoms with Gasteiger partial charge >= 0.3 is 0 Å². The lowest BCUT2D eigenvalue weighted by Crippen LogP contribution is -1.90. The minimum absolute atomic E-state index is 0.773. The number of aromatic nitrogens is 3. The van der Waals surface area contributed by atoms with Crippen LogP contribution >= 0.6 is 0 Å². The summed E-state index contributed by atoms with van der Waals surface area (Å²) in [4.78, 5) is 12.9. The van der Waals surface area contributed by atoms with Crippen LogP contribution in [-0.2, 0) is 0 Å². The Labute approximate surface area is 91.1 Å². The van der Waals surface area contributed by atoms with Gasteiger partial charge in [-0.25, -0.2) is 15.0 Å². The molecule has 2 aromatic carbocycles. The second kappa shape index (κ2) is 2.64. The zero-order valence-corrected chi connectivity index (χ0v) is 8.38. The first-order valence-corrected chi connectivity index (χ1v) is 5.14. The third-order valence-corrected chi connectivity index (χ3v) is 2.98. The van der Waals surface area contributed by atoms with Gasteiger partial charge in [0.05, 0.1) is 10.9 Å². The SMILES string of the molecule is c1cc2ccc3ncnc4ncc(c1)c2c34. The van der Waals surface area contributed by atoms with E-state index in [0.29, 0.717) is 0 Å². The molecule has 2 heterocycles. The number of hydrogen-bond donors (Lipinski definition) is 0. The molecule has 0 unspecified atom stereocenters. The molecule has 0 saturated heterocycles. The molecule has 0 aliphatic rings. The van der Waals surface area contributed by atoms with Crippen molar-refractivity contribution in [2.45, 2.75) is 0 Å². The molecular formula is C13H7N3. The highest BCUT2D eigenvalue weighted by atomic mass is 14.9. The summed E-state index contributed by atoms with van der Waals surface area (Å²) in [7, 11) is 0. The maximum absolute atomic E-state index is 4.36. The Bertz CT molecular complexity index is 678. The van der Waals surface area contributed by atoms with Crippen LogP contribution in [0.2, 0.25) is 0 Å². The van der Waals surface area contributed by atoms with Crippen molar-refractivity contribution in [1.82, 2.24) is 15.0 Å². The van der Waals surface area contributed by atoms with Crippen molar-refractivity contribution in [3.8, 4) is 0 Å². The van der Waals surface area contributed by atoms with Gasteiger partial charge in [0, 0.05) is 17.0 Å². The van der Waals surface area contributed by atoms with E-state index in [4.69, 9.17) is 0 Å². The van der Waals surface area contributed by atoms with Crippen molar-refractivity contribution in [2.75, 3.05) is 0 Å². The number of rotatable bonds is 0. The summed E-state index contributed by atoms with van der Waals surface area (Å²) in [6.07, 6.45) is 3.44. The molecule has 0 spiro atoms. The fraction of sp³-hybridized carbons (Fsp3) is 0. The standard InChI is InChI=1S/C13H7N3/c1-2-8-4-5-10-12-11(8)9(3-1)6-14-13(12)16-7-15-10/h1-7H.